The van der Waals surface area contributed by atoms with Gasteiger partial charge in [-0.1, -0.05) is 32.9 Å². The fourth-order valence-electron chi connectivity index (χ4n) is 2.30. The topological polar surface area (TPSA) is 40.7 Å². The van der Waals surface area contributed by atoms with Gasteiger partial charge in [-0.3, -0.25) is 0 Å². The van der Waals surface area contributed by atoms with Gasteiger partial charge in [0.25, 0.3) is 0 Å². The van der Waals surface area contributed by atoms with E-state index in [0.29, 0.717) is 0 Å². The predicted molar refractivity (Wildman–Crippen MR) is 74.7 cm³/mol. The maximum absolute atomic E-state index is 4.76. The van der Waals surface area contributed by atoms with E-state index in [1.807, 2.05) is 0 Å². The number of nitrogens with zero attached hydrogens (tertiary/aromatic N) is 1. The smallest absolute Gasteiger partial charge is 0.121 e. The van der Waals surface area contributed by atoms with Gasteiger partial charge in [-0.25, -0.2) is 4.98 Å². The molecule has 1 aliphatic rings. The van der Waals surface area contributed by atoms with Crippen molar-refractivity contribution in [2.45, 2.75) is 51.6 Å². The maximum Gasteiger partial charge on any atom is 0.121 e. The van der Waals surface area contributed by atoms with Gasteiger partial charge >= 0.3 is 0 Å². The highest BCUT2D eigenvalue weighted by Crippen LogP contribution is 2.28. The average Bonchev–Trinajstić information content (AvgIpc) is 3.03. The van der Waals surface area contributed by atoms with Gasteiger partial charge < -0.3 is 10.3 Å². The number of para-hydroxylation sites is 1. The lowest BCUT2D eigenvalue weighted by Gasteiger charge is -2.19. The molecule has 2 N–H and O–H groups in total. The second-order valence-corrected chi connectivity index (χ2v) is 6.29. The fraction of sp³-hybridized carbons (Fsp3) is 0.533. The number of benzene rings is 1. The highest BCUT2D eigenvalue weighted by atomic mass is 15.0. The van der Waals surface area contributed by atoms with Gasteiger partial charge in [-0.05, 0) is 29.9 Å². The van der Waals surface area contributed by atoms with Crippen molar-refractivity contribution < 1.29 is 0 Å². The molecule has 1 aromatic carbocycles. The number of hydrogen-bond donors (Lipinski definition) is 2. The minimum atomic E-state index is 0.135. The van der Waals surface area contributed by atoms with E-state index in [-0.39, 0.29) is 5.41 Å². The summed E-state index contributed by atoms with van der Waals surface area (Å²) in [5.41, 5.74) is 3.72. The first kappa shape index (κ1) is 11.7. The van der Waals surface area contributed by atoms with Gasteiger partial charge in [0, 0.05) is 6.04 Å². The quantitative estimate of drug-likeness (QED) is 0.869. The second-order valence-electron chi connectivity index (χ2n) is 6.29. The van der Waals surface area contributed by atoms with E-state index in [0.717, 1.165) is 29.4 Å². The number of hydrogen-bond acceptors (Lipinski definition) is 2. The molecule has 0 unspecified atom stereocenters. The van der Waals surface area contributed by atoms with Crippen LogP contribution in [0.4, 0.5) is 0 Å². The van der Waals surface area contributed by atoms with Crippen LogP contribution >= 0.6 is 0 Å². The zero-order valence-corrected chi connectivity index (χ0v) is 11.4. The molecule has 0 aliphatic heterocycles. The lowest BCUT2D eigenvalue weighted by molar-refractivity contribution is 0.594. The highest BCUT2D eigenvalue weighted by Gasteiger charge is 2.22. The zero-order valence-electron chi connectivity index (χ0n) is 11.4. The first-order chi connectivity index (χ1) is 8.54. The largest absolute Gasteiger partial charge is 0.341 e. The van der Waals surface area contributed by atoms with Crippen LogP contribution in [-0.2, 0) is 12.0 Å². The summed E-state index contributed by atoms with van der Waals surface area (Å²) >= 11 is 0. The normalized spacial score (nSPS) is 16.4. The van der Waals surface area contributed by atoms with Crippen LogP contribution in [0.25, 0.3) is 11.0 Å². The van der Waals surface area contributed by atoms with Crippen LogP contribution in [0.2, 0.25) is 0 Å². The Morgan fingerprint density at radius 2 is 2.11 bits per heavy atom. The SMILES string of the molecule is CC(C)(C)c1cccc2[nH]c(CNC3CC3)nc12. The molecule has 1 aromatic heterocycles. The summed E-state index contributed by atoms with van der Waals surface area (Å²) < 4.78 is 0. The Bertz CT molecular complexity index is 559. The number of fused-ring (bicyclic) bond motifs is 1. The first-order valence-corrected chi connectivity index (χ1v) is 6.75. The molecule has 0 amide bonds. The standard InChI is InChI=1S/C15H21N3/c1-15(2,3)11-5-4-6-12-14(11)18-13(17-12)9-16-10-7-8-10/h4-6,10,16H,7-9H2,1-3H3,(H,17,18). The molecule has 0 bridgehead atoms. The third kappa shape index (κ3) is 2.27. The molecular formula is C15H21N3. The number of aromatic amines is 1. The van der Waals surface area contributed by atoms with Crippen molar-refractivity contribution in [2.24, 2.45) is 0 Å². The molecule has 1 fully saturated rings. The highest BCUT2D eigenvalue weighted by molar-refractivity contribution is 5.79. The molecule has 0 atom stereocenters. The number of H-pyrrole nitrogens is 1. The lowest BCUT2D eigenvalue weighted by Crippen LogP contribution is -2.16. The van der Waals surface area contributed by atoms with Crippen molar-refractivity contribution in [2.75, 3.05) is 0 Å². The van der Waals surface area contributed by atoms with Gasteiger partial charge in [-0.15, -0.1) is 0 Å². The van der Waals surface area contributed by atoms with Crippen molar-refractivity contribution >= 4 is 11.0 Å². The number of aromatic nitrogens is 2. The maximum atomic E-state index is 4.76. The van der Waals surface area contributed by atoms with Crippen molar-refractivity contribution in [1.82, 2.24) is 15.3 Å². The van der Waals surface area contributed by atoms with Gasteiger partial charge in [0.2, 0.25) is 0 Å². The minimum absolute atomic E-state index is 0.135. The molecule has 3 nitrogen and oxygen atoms in total. The summed E-state index contributed by atoms with van der Waals surface area (Å²) in [5.74, 6) is 1.05. The van der Waals surface area contributed by atoms with Crippen LogP contribution in [0.5, 0.6) is 0 Å². The minimum Gasteiger partial charge on any atom is -0.341 e. The zero-order chi connectivity index (χ0) is 12.8. The first-order valence-electron chi connectivity index (χ1n) is 6.75. The van der Waals surface area contributed by atoms with Crippen LogP contribution in [0.3, 0.4) is 0 Å². The molecular weight excluding hydrogens is 222 g/mol. The molecule has 0 spiro atoms. The molecule has 18 heavy (non-hydrogen) atoms. The number of imidazole rings is 1. The van der Waals surface area contributed by atoms with E-state index < -0.39 is 0 Å². The summed E-state index contributed by atoms with van der Waals surface area (Å²) in [6, 6.07) is 7.12. The van der Waals surface area contributed by atoms with Gasteiger partial charge in [0.05, 0.1) is 17.6 Å². The summed E-state index contributed by atoms with van der Waals surface area (Å²) in [7, 11) is 0. The number of rotatable bonds is 3. The summed E-state index contributed by atoms with van der Waals surface area (Å²) in [4.78, 5) is 8.18. The van der Waals surface area contributed by atoms with Crippen molar-refractivity contribution in [3.8, 4) is 0 Å². The molecule has 1 heterocycles. The molecule has 3 heteroatoms. The lowest BCUT2D eigenvalue weighted by atomic mass is 9.86. The van der Waals surface area contributed by atoms with Crippen molar-refractivity contribution in [3.63, 3.8) is 0 Å². The molecule has 1 aliphatic carbocycles. The third-order valence-corrected chi connectivity index (χ3v) is 3.51. The molecule has 96 valence electrons. The third-order valence-electron chi connectivity index (χ3n) is 3.51. The molecule has 0 radical (unpaired) electrons. The Balaban J connectivity index is 1.94. The van der Waals surface area contributed by atoms with Crippen LogP contribution in [-0.4, -0.2) is 16.0 Å². The van der Waals surface area contributed by atoms with E-state index in [4.69, 9.17) is 4.98 Å². The summed E-state index contributed by atoms with van der Waals surface area (Å²) in [6.07, 6.45) is 2.63. The van der Waals surface area contributed by atoms with Crippen LogP contribution in [0.15, 0.2) is 18.2 Å². The van der Waals surface area contributed by atoms with Gasteiger partial charge in [0.1, 0.15) is 5.82 Å². The van der Waals surface area contributed by atoms with Gasteiger partial charge in [-0.2, -0.15) is 0 Å². The van der Waals surface area contributed by atoms with Crippen molar-refractivity contribution in [3.05, 3.63) is 29.6 Å². The van der Waals surface area contributed by atoms with E-state index in [2.05, 4.69) is 49.3 Å². The van der Waals surface area contributed by atoms with E-state index in [1.165, 1.54) is 18.4 Å². The van der Waals surface area contributed by atoms with Crippen molar-refractivity contribution in [1.29, 1.82) is 0 Å². The van der Waals surface area contributed by atoms with E-state index in [1.54, 1.807) is 0 Å². The van der Waals surface area contributed by atoms with E-state index in [9.17, 15) is 0 Å². The van der Waals surface area contributed by atoms with E-state index >= 15 is 0 Å². The van der Waals surface area contributed by atoms with Crippen LogP contribution < -0.4 is 5.32 Å². The van der Waals surface area contributed by atoms with Crippen LogP contribution in [0, 0.1) is 0 Å². The fourth-order valence-corrected chi connectivity index (χ4v) is 2.30. The Morgan fingerprint density at radius 3 is 2.78 bits per heavy atom. The monoisotopic (exact) mass is 243 g/mol. The van der Waals surface area contributed by atoms with Crippen LogP contribution in [0.1, 0.15) is 45.0 Å². The Kier molecular flexibility index (Phi) is 2.67. The molecule has 0 saturated heterocycles. The molecule has 1 saturated carbocycles. The molecule has 3 rings (SSSR count). The summed E-state index contributed by atoms with van der Waals surface area (Å²) in [6.45, 7) is 7.55. The molecule has 2 aromatic rings. The second kappa shape index (κ2) is 4.09. The van der Waals surface area contributed by atoms with Gasteiger partial charge in [0.15, 0.2) is 0 Å². The summed E-state index contributed by atoms with van der Waals surface area (Å²) in [5, 5.41) is 3.50. The Hall–Kier alpha value is -1.35. The Labute approximate surface area is 108 Å². The Morgan fingerprint density at radius 1 is 1.33 bits per heavy atom. The average molecular weight is 243 g/mol. The predicted octanol–water partition coefficient (Wildman–Crippen LogP) is 3.11. The number of nitrogens with one attached hydrogen (secondary N) is 2.